The van der Waals surface area contributed by atoms with Crippen molar-refractivity contribution >= 4 is 23.8 Å². The minimum Gasteiger partial charge on any atom is -0.481 e. The van der Waals surface area contributed by atoms with Gasteiger partial charge in [-0.05, 0) is 0 Å². The van der Waals surface area contributed by atoms with Crippen LogP contribution in [-0.2, 0) is 19.2 Å². The molecule has 10 heteroatoms. The molecule has 0 aliphatic carbocycles. The zero-order valence-corrected chi connectivity index (χ0v) is 11.5. The minimum atomic E-state index is -1.12. The standard InChI is InChI=1S/C11H20N4O6/c12-8(16)5-14(2-1-10(18)19)3-4-15(6-9(13)17)7-11(20)21/h1-7H2,(H2,12,16)(H2,13,17)(H,18,19)(H,20,21). The van der Waals surface area contributed by atoms with E-state index in [1.54, 1.807) is 0 Å². The van der Waals surface area contributed by atoms with Gasteiger partial charge in [0.25, 0.3) is 0 Å². The van der Waals surface area contributed by atoms with E-state index in [1.165, 1.54) is 9.80 Å². The number of rotatable bonds is 12. The van der Waals surface area contributed by atoms with Gasteiger partial charge >= 0.3 is 11.9 Å². The molecule has 0 aromatic carbocycles. The van der Waals surface area contributed by atoms with Crippen molar-refractivity contribution in [1.82, 2.24) is 9.80 Å². The average molecular weight is 304 g/mol. The highest BCUT2D eigenvalue weighted by molar-refractivity contribution is 5.77. The van der Waals surface area contributed by atoms with Gasteiger partial charge in [-0.2, -0.15) is 0 Å². The summed E-state index contributed by atoms with van der Waals surface area (Å²) in [6.45, 7) is -0.346. The molecule has 2 amide bonds. The highest BCUT2D eigenvalue weighted by Gasteiger charge is 2.16. The van der Waals surface area contributed by atoms with Crippen LogP contribution >= 0.6 is 0 Å². The Balaban J connectivity index is 4.49. The molecule has 10 nitrogen and oxygen atoms in total. The molecule has 0 unspecified atom stereocenters. The first-order valence-corrected chi connectivity index (χ1v) is 6.15. The lowest BCUT2D eigenvalue weighted by Crippen LogP contribution is -2.44. The molecule has 0 heterocycles. The molecule has 0 bridgehead atoms. The SMILES string of the molecule is NC(=O)CN(CCC(=O)O)CCN(CC(N)=O)CC(=O)O. The number of nitrogens with zero attached hydrogens (tertiary/aromatic N) is 2. The van der Waals surface area contributed by atoms with Crippen molar-refractivity contribution in [3.05, 3.63) is 0 Å². The van der Waals surface area contributed by atoms with Gasteiger partial charge in [0.1, 0.15) is 0 Å². The topological polar surface area (TPSA) is 167 Å². The van der Waals surface area contributed by atoms with Gasteiger partial charge in [-0.1, -0.05) is 0 Å². The Bertz CT molecular complexity index is 384. The summed E-state index contributed by atoms with van der Waals surface area (Å²) in [7, 11) is 0. The Morgan fingerprint density at radius 3 is 1.62 bits per heavy atom. The van der Waals surface area contributed by atoms with E-state index in [9.17, 15) is 19.2 Å². The molecule has 21 heavy (non-hydrogen) atoms. The number of carbonyl (C=O) groups excluding carboxylic acids is 2. The fraction of sp³-hybridized carbons (Fsp3) is 0.636. The largest absolute Gasteiger partial charge is 0.481 e. The number of primary amides is 2. The van der Waals surface area contributed by atoms with Crippen molar-refractivity contribution in [2.75, 3.05) is 39.3 Å². The maximum absolute atomic E-state index is 10.9. The molecule has 0 saturated heterocycles. The third-order valence-corrected chi connectivity index (χ3v) is 2.49. The van der Waals surface area contributed by atoms with Crippen LogP contribution in [0.1, 0.15) is 6.42 Å². The summed E-state index contributed by atoms with van der Waals surface area (Å²) in [6.07, 6.45) is -0.179. The second kappa shape index (κ2) is 9.66. The zero-order valence-electron chi connectivity index (χ0n) is 11.5. The quantitative estimate of drug-likeness (QED) is 0.298. The number of aliphatic carboxylic acids is 2. The van der Waals surface area contributed by atoms with E-state index in [0.29, 0.717) is 0 Å². The van der Waals surface area contributed by atoms with E-state index in [0.717, 1.165) is 0 Å². The van der Waals surface area contributed by atoms with Gasteiger partial charge in [0.2, 0.25) is 11.8 Å². The Kier molecular flexibility index (Phi) is 8.65. The molecule has 0 atom stereocenters. The van der Waals surface area contributed by atoms with Gasteiger partial charge < -0.3 is 21.7 Å². The van der Waals surface area contributed by atoms with E-state index in [-0.39, 0.29) is 45.7 Å². The Morgan fingerprint density at radius 1 is 0.714 bits per heavy atom. The lowest BCUT2D eigenvalue weighted by Gasteiger charge is -2.24. The van der Waals surface area contributed by atoms with Crippen LogP contribution in [0.2, 0.25) is 0 Å². The highest BCUT2D eigenvalue weighted by Crippen LogP contribution is 1.95. The number of hydrogen-bond donors (Lipinski definition) is 4. The fourth-order valence-electron chi connectivity index (χ4n) is 1.65. The average Bonchev–Trinajstić information content (AvgIpc) is 2.30. The summed E-state index contributed by atoms with van der Waals surface area (Å²) < 4.78 is 0. The summed E-state index contributed by atoms with van der Waals surface area (Å²) >= 11 is 0. The maximum Gasteiger partial charge on any atom is 0.317 e. The normalized spacial score (nSPS) is 10.8. The number of nitrogens with two attached hydrogens (primary N) is 2. The molecule has 0 rings (SSSR count). The van der Waals surface area contributed by atoms with Crippen LogP contribution in [0.4, 0.5) is 0 Å². The molecule has 0 aromatic heterocycles. The highest BCUT2D eigenvalue weighted by atomic mass is 16.4. The number of carboxylic acid groups (broad SMARTS) is 2. The van der Waals surface area contributed by atoms with E-state index in [4.69, 9.17) is 21.7 Å². The van der Waals surface area contributed by atoms with Crippen LogP contribution in [0.3, 0.4) is 0 Å². The number of hydrogen-bond acceptors (Lipinski definition) is 6. The third-order valence-electron chi connectivity index (χ3n) is 2.49. The van der Waals surface area contributed by atoms with Crippen molar-refractivity contribution < 1.29 is 29.4 Å². The van der Waals surface area contributed by atoms with Crippen LogP contribution in [0.5, 0.6) is 0 Å². The maximum atomic E-state index is 10.9. The van der Waals surface area contributed by atoms with Gasteiger partial charge in [-0.3, -0.25) is 29.0 Å². The van der Waals surface area contributed by atoms with E-state index >= 15 is 0 Å². The summed E-state index contributed by atoms with van der Waals surface area (Å²) in [6, 6.07) is 0. The Hall–Kier alpha value is -2.20. The summed E-state index contributed by atoms with van der Waals surface area (Å²) in [5.74, 6) is -3.45. The predicted octanol–water partition coefficient (Wildman–Crippen LogP) is -2.88. The van der Waals surface area contributed by atoms with Crippen molar-refractivity contribution in [2.24, 2.45) is 11.5 Å². The number of carboxylic acids is 2. The third kappa shape index (κ3) is 11.3. The molecule has 0 spiro atoms. The molecular weight excluding hydrogens is 284 g/mol. The first kappa shape index (κ1) is 18.8. The van der Waals surface area contributed by atoms with E-state index < -0.39 is 23.8 Å². The predicted molar refractivity (Wildman–Crippen MR) is 71.2 cm³/mol. The Morgan fingerprint density at radius 2 is 1.19 bits per heavy atom. The van der Waals surface area contributed by atoms with Crippen LogP contribution < -0.4 is 11.5 Å². The van der Waals surface area contributed by atoms with Gasteiger partial charge in [0, 0.05) is 19.6 Å². The molecule has 0 fully saturated rings. The summed E-state index contributed by atoms with van der Waals surface area (Å²) in [5.41, 5.74) is 10.1. The van der Waals surface area contributed by atoms with Gasteiger partial charge in [0.05, 0.1) is 26.1 Å². The lowest BCUT2D eigenvalue weighted by molar-refractivity contribution is -0.139. The number of carbonyl (C=O) groups is 4. The molecule has 120 valence electrons. The van der Waals surface area contributed by atoms with E-state index in [1.807, 2.05) is 0 Å². The van der Waals surface area contributed by atoms with Crippen LogP contribution in [0.25, 0.3) is 0 Å². The molecule has 0 aromatic rings. The first-order valence-electron chi connectivity index (χ1n) is 6.15. The van der Waals surface area contributed by atoms with Crippen molar-refractivity contribution in [3.8, 4) is 0 Å². The van der Waals surface area contributed by atoms with Crippen LogP contribution in [0.15, 0.2) is 0 Å². The second-order valence-electron chi connectivity index (χ2n) is 4.46. The molecule has 0 aliphatic rings. The van der Waals surface area contributed by atoms with Gasteiger partial charge in [0.15, 0.2) is 0 Å². The Labute approximate surface area is 121 Å². The molecular formula is C11H20N4O6. The summed E-state index contributed by atoms with van der Waals surface area (Å²) in [4.78, 5) is 45.7. The molecule has 0 aliphatic heterocycles. The van der Waals surface area contributed by atoms with E-state index in [2.05, 4.69) is 0 Å². The smallest absolute Gasteiger partial charge is 0.317 e. The lowest BCUT2D eigenvalue weighted by atomic mass is 10.3. The zero-order chi connectivity index (χ0) is 16.4. The first-order chi connectivity index (χ1) is 9.70. The van der Waals surface area contributed by atoms with Gasteiger partial charge in [-0.25, -0.2) is 0 Å². The van der Waals surface area contributed by atoms with Gasteiger partial charge in [-0.15, -0.1) is 0 Å². The van der Waals surface area contributed by atoms with Crippen molar-refractivity contribution in [1.29, 1.82) is 0 Å². The fourth-order valence-corrected chi connectivity index (χ4v) is 1.65. The molecule has 0 radical (unpaired) electrons. The number of amides is 2. The van der Waals surface area contributed by atoms with Crippen LogP contribution in [-0.4, -0.2) is 83.0 Å². The molecule has 6 N–H and O–H groups in total. The van der Waals surface area contributed by atoms with Crippen molar-refractivity contribution in [3.63, 3.8) is 0 Å². The van der Waals surface area contributed by atoms with Crippen molar-refractivity contribution in [2.45, 2.75) is 6.42 Å². The second-order valence-corrected chi connectivity index (χ2v) is 4.46. The monoisotopic (exact) mass is 304 g/mol. The van der Waals surface area contributed by atoms with Crippen LogP contribution in [0, 0.1) is 0 Å². The summed E-state index contributed by atoms with van der Waals surface area (Å²) in [5, 5.41) is 17.3. The minimum absolute atomic E-state index is 0.0930. The molecule has 0 saturated carbocycles.